The molecule has 0 saturated carbocycles. The van der Waals surface area contributed by atoms with E-state index in [1.54, 1.807) is 18.5 Å². The molecular weight excluding hydrogens is 443 g/mol. The van der Waals surface area contributed by atoms with Gasteiger partial charge in [0.05, 0.1) is 0 Å². The molecule has 1 aromatic heterocycles. The van der Waals surface area contributed by atoms with Crippen LogP contribution < -0.4 is 10.6 Å². The lowest BCUT2D eigenvalue weighted by molar-refractivity contribution is 0.475. The van der Waals surface area contributed by atoms with E-state index in [2.05, 4.69) is 44.2 Å². The van der Waals surface area contributed by atoms with Gasteiger partial charge in [0.1, 0.15) is 17.9 Å². The summed E-state index contributed by atoms with van der Waals surface area (Å²) < 4.78 is 2.06. The molecule has 0 spiro atoms. The van der Waals surface area contributed by atoms with Crippen molar-refractivity contribution < 1.29 is 5.11 Å². The molecule has 8 heteroatoms. The van der Waals surface area contributed by atoms with E-state index in [-0.39, 0.29) is 24.0 Å². The third-order valence-corrected chi connectivity index (χ3v) is 3.83. The van der Waals surface area contributed by atoms with Crippen molar-refractivity contribution in [2.24, 2.45) is 4.99 Å². The van der Waals surface area contributed by atoms with Crippen LogP contribution in [0.1, 0.15) is 31.7 Å². The summed E-state index contributed by atoms with van der Waals surface area (Å²) in [6, 6.07) is 7.35. The maximum Gasteiger partial charge on any atom is 0.191 e. The van der Waals surface area contributed by atoms with Crippen LogP contribution in [0.15, 0.2) is 35.6 Å². The number of halogens is 1. The van der Waals surface area contributed by atoms with Crippen LogP contribution in [0.25, 0.3) is 0 Å². The molecule has 2 rings (SSSR count). The fourth-order valence-corrected chi connectivity index (χ4v) is 2.51. The molecule has 7 nitrogen and oxygen atoms in total. The number of hydrogen-bond donors (Lipinski definition) is 3. The Morgan fingerprint density at radius 3 is 2.65 bits per heavy atom. The Morgan fingerprint density at radius 1 is 1.19 bits per heavy atom. The van der Waals surface area contributed by atoms with Gasteiger partial charge in [-0.2, -0.15) is 0 Å². The minimum absolute atomic E-state index is 0. The third-order valence-electron chi connectivity index (χ3n) is 3.83. The SMILES string of the molecule is CCNC(=NCCCc1ccc(O)cc1)NCCn1cnnc1CC.I. The quantitative estimate of drug-likeness (QED) is 0.226. The number of nitrogens with zero attached hydrogens (tertiary/aromatic N) is 4. The first-order valence-corrected chi connectivity index (χ1v) is 8.89. The Balaban J connectivity index is 0.00000338. The van der Waals surface area contributed by atoms with Gasteiger partial charge in [-0.15, -0.1) is 34.2 Å². The molecule has 0 amide bonds. The van der Waals surface area contributed by atoms with Crippen molar-refractivity contribution >= 4 is 29.9 Å². The number of phenolic OH excluding ortho intramolecular Hbond substituents is 1. The first-order chi connectivity index (χ1) is 12.2. The molecule has 0 fully saturated rings. The number of nitrogens with one attached hydrogen (secondary N) is 2. The molecule has 144 valence electrons. The van der Waals surface area contributed by atoms with Crippen LogP contribution in [-0.4, -0.2) is 45.5 Å². The highest BCUT2D eigenvalue weighted by Crippen LogP contribution is 2.10. The highest BCUT2D eigenvalue weighted by Gasteiger charge is 2.02. The first kappa shape index (κ1) is 22.2. The van der Waals surface area contributed by atoms with E-state index in [0.717, 1.165) is 57.2 Å². The van der Waals surface area contributed by atoms with Gasteiger partial charge in [-0.25, -0.2) is 0 Å². The van der Waals surface area contributed by atoms with Gasteiger partial charge in [-0.1, -0.05) is 19.1 Å². The normalized spacial score (nSPS) is 11.1. The standard InChI is InChI=1S/C18H28N6O.HI/c1-3-17-23-22-14-24(17)13-12-21-18(19-4-2)20-11-5-6-15-7-9-16(25)10-8-15;/h7-10,14,25H,3-6,11-13H2,1-2H3,(H2,19,20,21);1H. The van der Waals surface area contributed by atoms with E-state index < -0.39 is 0 Å². The Hall–Kier alpha value is -1.84. The lowest BCUT2D eigenvalue weighted by atomic mass is 10.1. The summed E-state index contributed by atoms with van der Waals surface area (Å²) in [6.07, 6.45) is 4.56. The third kappa shape index (κ3) is 7.59. The van der Waals surface area contributed by atoms with Crippen LogP contribution >= 0.6 is 24.0 Å². The molecule has 0 aliphatic rings. The highest BCUT2D eigenvalue weighted by atomic mass is 127. The Labute approximate surface area is 172 Å². The predicted molar refractivity (Wildman–Crippen MR) is 115 cm³/mol. The zero-order chi connectivity index (χ0) is 17.9. The number of phenols is 1. The van der Waals surface area contributed by atoms with Crippen molar-refractivity contribution in [3.63, 3.8) is 0 Å². The number of rotatable bonds is 9. The Morgan fingerprint density at radius 2 is 1.96 bits per heavy atom. The number of guanidine groups is 1. The second kappa shape index (κ2) is 12.5. The zero-order valence-corrected chi connectivity index (χ0v) is 17.8. The van der Waals surface area contributed by atoms with Crippen LogP contribution in [0.3, 0.4) is 0 Å². The average Bonchev–Trinajstić information content (AvgIpc) is 3.07. The highest BCUT2D eigenvalue weighted by molar-refractivity contribution is 14.0. The predicted octanol–water partition coefficient (Wildman–Crippen LogP) is 2.35. The molecule has 26 heavy (non-hydrogen) atoms. The molecule has 0 aliphatic heterocycles. The van der Waals surface area contributed by atoms with Gasteiger partial charge in [0.15, 0.2) is 5.96 Å². The maximum atomic E-state index is 9.30. The van der Waals surface area contributed by atoms with Crippen LogP contribution in [0, 0.1) is 0 Å². The van der Waals surface area contributed by atoms with Gasteiger partial charge in [0, 0.05) is 32.6 Å². The van der Waals surface area contributed by atoms with Gasteiger partial charge in [0.2, 0.25) is 0 Å². The number of benzene rings is 1. The van der Waals surface area contributed by atoms with E-state index in [0.29, 0.717) is 5.75 Å². The second-order valence-corrected chi connectivity index (χ2v) is 5.75. The average molecular weight is 472 g/mol. The molecule has 0 aliphatic carbocycles. The van der Waals surface area contributed by atoms with Gasteiger partial charge >= 0.3 is 0 Å². The van der Waals surface area contributed by atoms with Crippen molar-refractivity contribution in [2.45, 2.75) is 39.7 Å². The number of aliphatic imine (C=N–C) groups is 1. The lowest BCUT2D eigenvalue weighted by Gasteiger charge is -2.12. The summed E-state index contributed by atoms with van der Waals surface area (Å²) in [5.74, 6) is 2.14. The van der Waals surface area contributed by atoms with E-state index in [1.807, 2.05) is 12.1 Å². The monoisotopic (exact) mass is 472 g/mol. The van der Waals surface area contributed by atoms with Gasteiger partial charge in [-0.3, -0.25) is 4.99 Å². The molecule has 0 bridgehead atoms. The summed E-state index contributed by atoms with van der Waals surface area (Å²) in [4.78, 5) is 4.61. The fourth-order valence-electron chi connectivity index (χ4n) is 2.51. The number of aromatic hydroxyl groups is 1. The minimum Gasteiger partial charge on any atom is -0.508 e. The number of hydrogen-bond acceptors (Lipinski definition) is 4. The molecule has 0 saturated heterocycles. The van der Waals surface area contributed by atoms with E-state index >= 15 is 0 Å². The number of aryl methyl sites for hydroxylation is 2. The molecule has 1 aromatic carbocycles. The Kier molecular flexibility index (Phi) is 10.7. The number of aromatic nitrogens is 3. The zero-order valence-electron chi connectivity index (χ0n) is 15.5. The smallest absolute Gasteiger partial charge is 0.191 e. The van der Waals surface area contributed by atoms with Crippen LogP contribution in [-0.2, 0) is 19.4 Å². The van der Waals surface area contributed by atoms with Crippen molar-refractivity contribution in [1.82, 2.24) is 25.4 Å². The molecule has 0 radical (unpaired) electrons. The summed E-state index contributed by atoms with van der Waals surface area (Å²) in [5, 5.41) is 23.9. The van der Waals surface area contributed by atoms with Gasteiger partial charge < -0.3 is 20.3 Å². The largest absolute Gasteiger partial charge is 0.508 e. The molecule has 1 heterocycles. The summed E-state index contributed by atoms with van der Waals surface area (Å²) in [6.45, 7) is 7.30. The van der Waals surface area contributed by atoms with E-state index in [1.165, 1.54) is 5.56 Å². The molecule has 0 unspecified atom stereocenters. The van der Waals surface area contributed by atoms with E-state index in [9.17, 15) is 5.11 Å². The lowest BCUT2D eigenvalue weighted by Crippen LogP contribution is -2.39. The molecule has 3 N–H and O–H groups in total. The molecule has 0 atom stereocenters. The molecular formula is C18H29IN6O. The van der Waals surface area contributed by atoms with Crippen LogP contribution in [0.2, 0.25) is 0 Å². The van der Waals surface area contributed by atoms with Gasteiger partial charge in [-0.05, 0) is 37.5 Å². The van der Waals surface area contributed by atoms with Gasteiger partial charge in [0.25, 0.3) is 0 Å². The van der Waals surface area contributed by atoms with Crippen molar-refractivity contribution in [2.75, 3.05) is 19.6 Å². The van der Waals surface area contributed by atoms with E-state index in [4.69, 9.17) is 0 Å². The fraction of sp³-hybridized carbons (Fsp3) is 0.500. The van der Waals surface area contributed by atoms with Crippen molar-refractivity contribution in [3.8, 4) is 5.75 Å². The first-order valence-electron chi connectivity index (χ1n) is 8.89. The van der Waals surface area contributed by atoms with Crippen molar-refractivity contribution in [1.29, 1.82) is 0 Å². The topological polar surface area (TPSA) is 87.4 Å². The second-order valence-electron chi connectivity index (χ2n) is 5.75. The van der Waals surface area contributed by atoms with Crippen LogP contribution in [0.5, 0.6) is 5.75 Å². The molecule has 2 aromatic rings. The van der Waals surface area contributed by atoms with Crippen LogP contribution in [0.4, 0.5) is 0 Å². The summed E-state index contributed by atoms with van der Waals surface area (Å²) in [5.41, 5.74) is 1.21. The Bertz CT molecular complexity index is 656. The minimum atomic E-state index is 0. The summed E-state index contributed by atoms with van der Waals surface area (Å²) in [7, 11) is 0. The maximum absolute atomic E-state index is 9.30. The summed E-state index contributed by atoms with van der Waals surface area (Å²) >= 11 is 0. The van der Waals surface area contributed by atoms with Crippen molar-refractivity contribution in [3.05, 3.63) is 42.0 Å².